The highest BCUT2D eigenvalue weighted by Crippen LogP contribution is 2.30. The lowest BCUT2D eigenvalue weighted by molar-refractivity contribution is 0.146. The van der Waals surface area contributed by atoms with E-state index in [1.165, 1.54) is 11.1 Å². The van der Waals surface area contributed by atoms with Gasteiger partial charge in [0, 0.05) is 19.1 Å². The zero-order valence-electron chi connectivity index (χ0n) is 11.7. The van der Waals surface area contributed by atoms with Crippen molar-refractivity contribution in [2.24, 2.45) is 0 Å². The van der Waals surface area contributed by atoms with Gasteiger partial charge in [0.05, 0.1) is 6.04 Å². The minimum atomic E-state index is 0.226. The number of likely N-dealkylation sites (N-methyl/N-ethyl adjacent to an activating group) is 1. The van der Waals surface area contributed by atoms with Gasteiger partial charge < -0.3 is 10.4 Å². The van der Waals surface area contributed by atoms with Gasteiger partial charge >= 0.3 is 0 Å². The van der Waals surface area contributed by atoms with E-state index in [0.717, 1.165) is 13.1 Å². The van der Waals surface area contributed by atoms with Crippen molar-refractivity contribution in [1.29, 1.82) is 0 Å². The molecule has 1 aliphatic rings. The maximum Gasteiger partial charge on any atom is 0.115 e. The van der Waals surface area contributed by atoms with E-state index in [0.29, 0.717) is 11.8 Å². The number of benzene rings is 2. The molecule has 0 aliphatic carbocycles. The molecule has 3 heteroatoms. The van der Waals surface area contributed by atoms with Crippen LogP contribution in [0.1, 0.15) is 17.2 Å². The number of hydrogen-bond acceptors (Lipinski definition) is 3. The third kappa shape index (κ3) is 2.55. The van der Waals surface area contributed by atoms with E-state index >= 15 is 0 Å². The first-order chi connectivity index (χ1) is 9.75. The molecule has 3 rings (SSSR count). The number of rotatable bonds is 4. The van der Waals surface area contributed by atoms with Crippen molar-refractivity contribution in [3.63, 3.8) is 0 Å². The Morgan fingerprint density at radius 1 is 1.00 bits per heavy atom. The average Bonchev–Trinajstić information content (AvgIpc) is 2.41. The molecule has 1 unspecified atom stereocenters. The SMILES string of the molecule is CN(C1CNC1)C(c1ccccc1)c1ccc(O)cc1. The van der Waals surface area contributed by atoms with Crippen LogP contribution in [0.5, 0.6) is 5.75 Å². The number of phenolic OH excluding ortho intramolecular Hbond substituents is 1. The van der Waals surface area contributed by atoms with Crippen molar-refractivity contribution < 1.29 is 5.11 Å². The van der Waals surface area contributed by atoms with Gasteiger partial charge in [0.2, 0.25) is 0 Å². The van der Waals surface area contributed by atoms with Crippen LogP contribution in [-0.2, 0) is 0 Å². The maximum atomic E-state index is 9.49. The highest BCUT2D eigenvalue weighted by atomic mass is 16.3. The number of hydrogen-bond donors (Lipinski definition) is 2. The molecule has 0 bridgehead atoms. The third-order valence-corrected chi connectivity index (χ3v) is 4.07. The molecule has 0 aromatic heterocycles. The lowest BCUT2D eigenvalue weighted by Crippen LogP contribution is -2.56. The van der Waals surface area contributed by atoms with Gasteiger partial charge in [0.25, 0.3) is 0 Å². The Kier molecular flexibility index (Phi) is 3.72. The molecule has 1 atom stereocenters. The second kappa shape index (κ2) is 5.65. The number of aromatic hydroxyl groups is 1. The summed E-state index contributed by atoms with van der Waals surface area (Å²) < 4.78 is 0. The zero-order valence-corrected chi connectivity index (χ0v) is 11.7. The van der Waals surface area contributed by atoms with E-state index < -0.39 is 0 Å². The van der Waals surface area contributed by atoms with Crippen molar-refractivity contribution in [2.75, 3.05) is 20.1 Å². The minimum absolute atomic E-state index is 0.226. The summed E-state index contributed by atoms with van der Waals surface area (Å²) in [6, 6.07) is 18.9. The fourth-order valence-corrected chi connectivity index (χ4v) is 2.73. The monoisotopic (exact) mass is 268 g/mol. The van der Waals surface area contributed by atoms with E-state index in [2.05, 4.69) is 41.5 Å². The van der Waals surface area contributed by atoms with Crippen LogP contribution in [0.4, 0.5) is 0 Å². The van der Waals surface area contributed by atoms with E-state index in [1.54, 1.807) is 12.1 Å². The van der Waals surface area contributed by atoms with Gasteiger partial charge in [-0.3, -0.25) is 4.90 Å². The molecule has 104 valence electrons. The summed E-state index contributed by atoms with van der Waals surface area (Å²) in [7, 11) is 2.18. The van der Waals surface area contributed by atoms with Gasteiger partial charge in [-0.1, -0.05) is 42.5 Å². The zero-order chi connectivity index (χ0) is 13.9. The Bertz CT molecular complexity index is 549. The Morgan fingerprint density at radius 2 is 1.60 bits per heavy atom. The summed E-state index contributed by atoms with van der Waals surface area (Å²) >= 11 is 0. The quantitative estimate of drug-likeness (QED) is 0.893. The molecule has 2 N–H and O–H groups in total. The highest BCUT2D eigenvalue weighted by Gasteiger charge is 2.29. The number of nitrogens with one attached hydrogen (secondary N) is 1. The first-order valence-corrected chi connectivity index (χ1v) is 7.02. The molecule has 1 aliphatic heterocycles. The normalized spacial score (nSPS) is 16.9. The van der Waals surface area contributed by atoms with Crippen LogP contribution in [0.15, 0.2) is 54.6 Å². The van der Waals surface area contributed by atoms with Crippen LogP contribution in [0.25, 0.3) is 0 Å². The highest BCUT2D eigenvalue weighted by molar-refractivity contribution is 5.35. The molecule has 20 heavy (non-hydrogen) atoms. The first-order valence-electron chi connectivity index (χ1n) is 7.02. The molecule has 1 saturated heterocycles. The predicted molar refractivity (Wildman–Crippen MR) is 80.8 cm³/mol. The summed E-state index contributed by atoms with van der Waals surface area (Å²) in [4.78, 5) is 2.41. The van der Waals surface area contributed by atoms with Crippen LogP contribution >= 0.6 is 0 Å². The van der Waals surface area contributed by atoms with E-state index in [4.69, 9.17) is 0 Å². The summed E-state index contributed by atoms with van der Waals surface area (Å²) in [5.74, 6) is 0.313. The average molecular weight is 268 g/mol. The summed E-state index contributed by atoms with van der Waals surface area (Å²) in [5, 5.41) is 12.8. The first kappa shape index (κ1) is 13.2. The Balaban J connectivity index is 1.96. The topological polar surface area (TPSA) is 35.5 Å². The number of phenols is 1. The Morgan fingerprint density at radius 3 is 2.15 bits per heavy atom. The van der Waals surface area contributed by atoms with Gasteiger partial charge in [-0.05, 0) is 30.3 Å². The number of nitrogens with zero attached hydrogens (tertiary/aromatic N) is 1. The molecular formula is C17H20N2O. The summed E-state index contributed by atoms with van der Waals surface area (Å²) in [5.41, 5.74) is 2.50. The van der Waals surface area contributed by atoms with Crippen LogP contribution in [0.2, 0.25) is 0 Å². The van der Waals surface area contributed by atoms with Crippen molar-refractivity contribution >= 4 is 0 Å². The molecule has 0 amide bonds. The molecule has 3 nitrogen and oxygen atoms in total. The molecular weight excluding hydrogens is 248 g/mol. The molecule has 0 radical (unpaired) electrons. The van der Waals surface area contributed by atoms with Gasteiger partial charge in [-0.25, -0.2) is 0 Å². The van der Waals surface area contributed by atoms with Crippen molar-refractivity contribution in [3.05, 3.63) is 65.7 Å². The third-order valence-electron chi connectivity index (χ3n) is 4.07. The lowest BCUT2D eigenvalue weighted by atomic mass is 9.95. The lowest BCUT2D eigenvalue weighted by Gasteiger charge is -2.41. The van der Waals surface area contributed by atoms with Crippen LogP contribution in [0, 0.1) is 0 Å². The van der Waals surface area contributed by atoms with Crippen molar-refractivity contribution in [1.82, 2.24) is 10.2 Å². The molecule has 2 aromatic rings. The molecule has 0 spiro atoms. The largest absolute Gasteiger partial charge is 0.508 e. The second-order valence-corrected chi connectivity index (χ2v) is 5.38. The molecule has 1 heterocycles. The second-order valence-electron chi connectivity index (χ2n) is 5.38. The van der Waals surface area contributed by atoms with E-state index in [9.17, 15) is 5.11 Å². The predicted octanol–water partition coefficient (Wildman–Crippen LogP) is 2.39. The summed E-state index contributed by atoms with van der Waals surface area (Å²) in [6.07, 6.45) is 0. The van der Waals surface area contributed by atoms with Crippen LogP contribution in [-0.4, -0.2) is 36.2 Å². The molecule has 0 saturated carbocycles. The Hall–Kier alpha value is -1.84. The van der Waals surface area contributed by atoms with Crippen LogP contribution in [0.3, 0.4) is 0 Å². The van der Waals surface area contributed by atoms with Crippen molar-refractivity contribution in [3.8, 4) is 5.75 Å². The van der Waals surface area contributed by atoms with Gasteiger partial charge in [0.15, 0.2) is 0 Å². The smallest absolute Gasteiger partial charge is 0.115 e. The fraction of sp³-hybridized carbons (Fsp3) is 0.294. The van der Waals surface area contributed by atoms with Crippen molar-refractivity contribution in [2.45, 2.75) is 12.1 Å². The molecule has 1 fully saturated rings. The van der Waals surface area contributed by atoms with Gasteiger partial charge in [-0.15, -0.1) is 0 Å². The maximum absolute atomic E-state index is 9.49. The fourth-order valence-electron chi connectivity index (χ4n) is 2.73. The summed E-state index contributed by atoms with van der Waals surface area (Å²) in [6.45, 7) is 2.08. The standard InChI is InChI=1S/C17H20N2O/c1-19(15-11-18-12-15)17(13-5-3-2-4-6-13)14-7-9-16(20)10-8-14/h2-10,15,17-18,20H,11-12H2,1H3. The van der Waals surface area contributed by atoms with E-state index in [1.807, 2.05) is 18.2 Å². The van der Waals surface area contributed by atoms with Gasteiger partial charge in [-0.2, -0.15) is 0 Å². The van der Waals surface area contributed by atoms with Gasteiger partial charge in [0.1, 0.15) is 5.75 Å². The van der Waals surface area contributed by atoms with E-state index in [-0.39, 0.29) is 6.04 Å². The molecule has 2 aromatic carbocycles. The van der Waals surface area contributed by atoms with Crippen LogP contribution < -0.4 is 5.32 Å². The minimum Gasteiger partial charge on any atom is -0.508 e. The Labute approximate surface area is 119 Å².